The molecule has 0 spiro atoms. The molecule has 100 valence electrons. The van der Waals surface area contributed by atoms with Crippen LogP contribution >= 0.6 is 0 Å². The molecule has 0 radical (unpaired) electrons. The van der Waals surface area contributed by atoms with Gasteiger partial charge in [0.05, 0.1) is 5.92 Å². The number of nitrogens with one attached hydrogen (secondary N) is 1. The van der Waals surface area contributed by atoms with Gasteiger partial charge in [-0.3, -0.25) is 4.79 Å². The van der Waals surface area contributed by atoms with Gasteiger partial charge >= 0.3 is 12.0 Å². The first-order chi connectivity index (χ1) is 7.75. The summed E-state index contributed by atoms with van der Waals surface area (Å²) >= 11 is 0. The van der Waals surface area contributed by atoms with Gasteiger partial charge in [-0.1, -0.05) is 0 Å². The summed E-state index contributed by atoms with van der Waals surface area (Å²) in [4.78, 5) is 26.0. The number of carboxylic acids is 1. The van der Waals surface area contributed by atoms with E-state index >= 15 is 0 Å². The van der Waals surface area contributed by atoms with Gasteiger partial charge in [-0.25, -0.2) is 4.79 Å². The molecule has 17 heavy (non-hydrogen) atoms. The molecule has 0 aromatic heterocycles. The molecule has 0 aliphatic heterocycles. The summed E-state index contributed by atoms with van der Waals surface area (Å²) in [6, 6.07) is -0.630. The van der Waals surface area contributed by atoms with Crippen molar-refractivity contribution >= 4 is 12.0 Å². The van der Waals surface area contributed by atoms with E-state index in [4.69, 9.17) is 5.11 Å². The first-order valence-electron chi connectivity index (χ1n) is 5.64. The summed E-state index contributed by atoms with van der Waals surface area (Å²) in [6.07, 6.45) is 0. The number of urea groups is 1. The van der Waals surface area contributed by atoms with Crippen LogP contribution in [0.2, 0.25) is 0 Å². The van der Waals surface area contributed by atoms with Gasteiger partial charge in [0.1, 0.15) is 0 Å². The summed E-state index contributed by atoms with van der Waals surface area (Å²) in [6.45, 7) is 4.64. The maximum Gasteiger partial charge on any atom is 0.317 e. The number of likely N-dealkylation sites (N-methyl/N-ethyl adjacent to an activating group) is 2. The van der Waals surface area contributed by atoms with Crippen LogP contribution in [0, 0.1) is 5.92 Å². The number of amides is 2. The summed E-state index contributed by atoms with van der Waals surface area (Å²) in [5.74, 6) is -1.50. The zero-order valence-corrected chi connectivity index (χ0v) is 11.2. The van der Waals surface area contributed by atoms with Crippen LogP contribution in [-0.4, -0.2) is 67.2 Å². The van der Waals surface area contributed by atoms with Gasteiger partial charge in [0.15, 0.2) is 0 Å². The Balaban J connectivity index is 4.11. The molecule has 0 rings (SSSR count). The van der Waals surface area contributed by atoms with E-state index in [1.165, 1.54) is 0 Å². The van der Waals surface area contributed by atoms with E-state index in [-0.39, 0.29) is 12.1 Å². The van der Waals surface area contributed by atoms with Crippen LogP contribution in [-0.2, 0) is 4.79 Å². The van der Waals surface area contributed by atoms with Crippen molar-refractivity contribution in [3.05, 3.63) is 0 Å². The van der Waals surface area contributed by atoms with Crippen LogP contribution in [0.5, 0.6) is 0 Å². The molecule has 2 unspecified atom stereocenters. The highest BCUT2D eigenvalue weighted by Crippen LogP contribution is 2.02. The van der Waals surface area contributed by atoms with Crippen LogP contribution in [0.25, 0.3) is 0 Å². The largest absolute Gasteiger partial charge is 0.481 e. The number of carbonyl (C=O) groups excluding carboxylic acids is 1. The number of carbonyl (C=O) groups is 2. The smallest absolute Gasteiger partial charge is 0.317 e. The fraction of sp³-hybridized carbons (Fsp3) is 0.818. The topological polar surface area (TPSA) is 72.9 Å². The minimum absolute atomic E-state index is 0.243. The van der Waals surface area contributed by atoms with Gasteiger partial charge in [-0.15, -0.1) is 0 Å². The fourth-order valence-corrected chi connectivity index (χ4v) is 1.10. The first-order valence-corrected chi connectivity index (χ1v) is 5.64. The van der Waals surface area contributed by atoms with Crippen molar-refractivity contribution in [3.8, 4) is 0 Å². The summed E-state index contributed by atoms with van der Waals surface area (Å²) in [7, 11) is 5.55. The average Bonchev–Trinajstić information content (AvgIpc) is 2.24. The summed E-state index contributed by atoms with van der Waals surface area (Å²) in [5.41, 5.74) is 0. The van der Waals surface area contributed by atoms with E-state index in [0.29, 0.717) is 6.54 Å². The van der Waals surface area contributed by atoms with Gasteiger partial charge in [-0.2, -0.15) is 0 Å². The highest BCUT2D eigenvalue weighted by molar-refractivity contribution is 5.76. The van der Waals surface area contributed by atoms with Crippen LogP contribution in [0.15, 0.2) is 0 Å². The van der Waals surface area contributed by atoms with Gasteiger partial charge in [-0.05, 0) is 27.9 Å². The Morgan fingerprint density at radius 1 is 1.18 bits per heavy atom. The molecule has 0 saturated carbocycles. The molecule has 6 nitrogen and oxygen atoms in total. The normalized spacial score (nSPS) is 14.2. The van der Waals surface area contributed by atoms with Gasteiger partial charge in [0.25, 0.3) is 0 Å². The number of nitrogens with zero attached hydrogens (tertiary/aromatic N) is 2. The fourth-order valence-electron chi connectivity index (χ4n) is 1.10. The van der Waals surface area contributed by atoms with Crippen molar-refractivity contribution in [3.63, 3.8) is 0 Å². The van der Waals surface area contributed by atoms with Crippen LogP contribution < -0.4 is 5.32 Å². The predicted molar refractivity (Wildman–Crippen MR) is 66.0 cm³/mol. The van der Waals surface area contributed by atoms with Crippen molar-refractivity contribution in [1.29, 1.82) is 0 Å². The van der Waals surface area contributed by atoms with Crippen molar-refractivity contribution in [1.82, 2.24) is 15.1 Å². The van der Waals surface area contributed by atoms with E-state index in [1.54, 1.807) is 25.8 Å². The second-order valence-electron chi connectivity index (χ2n) is 4.59. The molecule has 2 amide bonds. The molecule has 0 aliphatic carbocycles. The van der Waals surface area contributed by atoms with E-state index in [0.717, 1.165) is 6.54 Å². The molecule has 2 atom stereocenters. The number of carboxylic acid groups (broad SMARTS) is 1. The van der Waals surface area contributed by atoms with Crippen LogP contribution in [0.1, 0.15) is 13.8 Å². The third-order valence-electron chi connectivity index (χ3n) is 2.72. The summed E-state index contributed by atoms with van der Waals surface area (Å²) in [5, 5.41) is 11.5. The Morgan fingerprint density at radius 3 is 2.12 bits per heavy atom. The van der Waals surface area contributed by atoms with E-state index < -0.39 is 11.9 Å². The second-order valence-corrected chi connectivity index (χ2v) is 4.59. The maximum absolute atomic E-state index is 11.7. The molecular weight excluding hydrogens is 222 g/mol. The Morgan fingerprint density at radius 2 is 1.71 bits per heavy atom. The average molecular weight is 245 g/mol. The lowest BCUT2D eigenvalue weighted by Gasteiger charge is -2.24. The molecule has 0 saturated heterocycles. The van der Waals surface area contributed by atoms with Gasteiger partial charge in [0, 0.05) is 26.2 Å². The number of hydrogen-bond acceptors (Lipinski definition) is 3. The molecular formula is C11H23N3O3. The SMILES string of the molecule is CC(NC(=O)N(C)CCN(C)C)C(C)C(=O)O. The van der Waals surface area contributed by atoms with Crippen molar-refractivity contribution < 1.29 is 14.7 Å². The third kappa shape index (κ3) is 6.11. The highest BCUT2D eigenvalue weighted by Gasteiger charge is 2.22. The minimum atomic E-state index is -0.909. The van der Waals surface area contributed by atoms with Gasteiger partial charge < -0.3 is 20.2 Å². The predicted octanol–water partition coefficient (Wildman–Crippen LogP) is 0.299. The summed E-state index contributed by atoms with van der Waals surface area (Å²) < 4.78 is 0. The number of aliphatic carboxylic acids is 1. The zero-order chi connectivity index (χ0) is 13.6. The molecule has 0 fully saturated rings. The quantitative estimate of drug-likeness (QED) is 0.706. The lowest BCUT2D eigenvalue weighted by molar-refractivity contribution is -0.141. The maximum atomic E-state index is 11.7. The van der Waals surface area contributed by atoms with Crippen molar-refractivity contribution in [2.45, 2.75) is 19.9 Å². The first kappa shape index (κ1) is 15.7. The molecule has 0 aliphatic rings. The Hall–Kier alpha value is -1.30. The Kier molecular flexibility index (Phi) is 6.57. The zero-order valence-electron chi connectivity index (χ0n) is 11.2. The van der Waals surface area contributed by atoms with E-state index in [9.17, 15) is 9.59 Å². The molecule has 0 bridgehead atoms. The minimum Gasteiger partial charge on any atom is -0.481 e. The van der Waals surface area contributed by atoms with Crippen LogP contribution in [0.4, 0.5) is 4.79 Å². The van der Waals surface area contributed by atoms with Crippen molar-refractivity contribution in [2.75, 3.05) is 34.2 Å². The molecule has 2 N–H and O–H groups in total. The Bertz CT molecular complexity index is 269. The highest BCUT2D eigenvalue weighted by atomic mass is 16.4. The lowest BCUT2D eigenvalue weighted by Crippen LogP contribution is -2.47. The van der Waals surface area contributed by atoms with Crippen molar-refractivity contribution in [2.24, 2.45) is 5.92 Å². The molecule has 0 aromatic rings. The van der Waals surface area contributed by atoms with E-state index in [2.05, 4.69) is 5.32 Å². The second kappa shape index (κ2) is 7.11. The van der Waals surface area contributed by atoms with Crippen LogP contribution in [0.3, 0.4) is 0 Å². The monoisotopic (exact) mass is 245 g/mol. The van der Waals surface area contributed by atoms with E-state index in [1.807, 2.05) is 19.0 Å². The number of hydrogen-bond donors (Lipinski definition) is 2. The Labute approximate surface area is 103 Å². The van der Waals surface area contributed by atoms with Gasteiger partial charge in [0.2, 0.25) is 0 Å². The molecule has 0 aromatic carbocycles. The lowest BCUT2D eigenvalue weighted by atomic mass is 10.0. The standard InChI is InChI=1S/C11H23N3O3/c1-8(10(15)16)9(2)12-11(17)14(5)7-6-13(3)4/h8-9H,6-7H2,1-5H3,(H,12,17)(H,15,16). The molecule has 6 heteroatoms. The molecule has 0 heterocycles. The third-order valence-corrected chi connectivity index (χ3v) is 2.72. The number of rotatable bonds is 6.